The Morgan fingerprint density at radius 2 is 2.05 bits per heavy atom. The lowest BCUT2D eigenvalue weighted by Crippen LogP contribution is -2.51. The zero-order valence-corrected chi connectivity index (χ0v) is 14.2. The maximum absolute atomic E-state index is 11.9. The molecule has 1 saturated heterocycles. The van der Waals surface area contributed by atoms with Crippen molar-refractivity contribution in [1.82, 2.24) is 9.80 Å². The lowest BCUT2D eigenvalue weighted by Gasteiger charge is -2.39. The van der Waals surface area contributed by atoms with Crippen LogP contribution in [0.4, 0.5) is 0 Å². The number of piperidine rings is 1. The zero-order valence-electron chi connectivity index (χ0n) is 14.2. The lowest BCUT2D eigenvalue weighted by molar-refractivity contribution is -0.136. The maximum atomic E-state index is 11.9. The molecule has 22 heavy (non-hydrogen) atoms. The van der Waals surface area contributed by atoms with Gasteiger partial charge in [-0.25, -0.2) is 0 Å². The van der Waals surface area contributed by atoms with Crippen LogP contribution in [0, 0.1) is 5.92 Å². The van der Waals surface area contributed by atoms with Crippen molar-refractivity contribution in [3.8, 4) is 0 Å². The molecule has 1 N–H and O–H groups in total. The number of carbonyl (C=O) groups is 1. The second-order valence-corrected chi connectivity index (χ2v) is 7.29. The highest BCUT2D eigenvalue weighted by Crippen LogP contribution is 2.26. The van der Waals surface area contributed by atoms with E-state index in [2.05, 4.69) is 4.90 Å². The number of likely N-dealkylation sites (tertiary alicyclic amines) is 1. The van der Waals surface area contributed by atoms with Gasteiger partial charge in [0.1, 0.15) is 0 Å². The van der Waals surface area contributed by atoms with E-state index in [1.807, 2.05) is 0 Å². The fourth-order valence-electron chi connectivity index (χ4n) is 3.60. The molecule has 1 aliphatic heterocycles. The molecule has 1 unspecified atom stereocenters. The molecule has 0 radical (unpaired) electrons. The van der Waals surface area contributed by atoms with Crippen LogP contribution in [0.1, 0.15) is 44.9 Å². The zero-order chi connectivity index (χ0) is 16.0. The number of β-amino-alcohol motifs (C(OH)–C–C–N with tert-alkyl or cyclic N) is 1. The van der Waals surface area contributed by atoms with Crippen LogP contribution >= 0.6 is 0 Å². The van der Waals surface area contributed by atoms with Crippen molar-refractivity contribution in [2.75, 3.05) is 46.9 Å². The van der Waals surface area contributed by atoms with Gasteiger partial charge in [-0.2, -0.15) is 0 Å². The fraction of sp³-hybridized carbons (Fsp3) is 0.941. The van der Waals surface area contributed by atoms with Crippen LogP contribution in [0.3, 0.4) is 0 Å². The van der Waals surface area contributed by atoms with Gasteiger partial charge in [-0.15, -0.1) is 0 Å². The molecule has 0 aromatic rings. The van der Waals surface area contributed by atoms with Gasteiger partial charge in [0.05, 0.1) is 18.6 Å². The summed E-state index contributed by atoms with van der Waals surface area (Å²) >= 11 is 0. The molecule has 1 amide bonds. The van der Waals surface area contributed by atoms with E-state index in [1.54, 1.807) is 19.0 Å². The molecule has 0 aromatic carbocycles. The summed E-state index contributed by atoms with van der Waals surface area (Å²) in [5.74, 6) is 0.762. The molecular weight excluding hydrogens is 280 g/mol. The van der Waals surface area contributed by atoms with Crippen LogP contribution in [0.2, 0.25) is 0 Å². The predicted octanol–water partition coefficient (Wildman–Crippen LogP) is 1.50. The second-order valence-electron chi connectivity index (χ2n) is 7.29. The van der Waals surface area contributed by atoms with Crippen molar-refractivity contribution in [3.63, 3.8) is 0 Å². The Labute approximate surface area is 134 Å². The first-order chi connectivity index (χ1) is 10.5. The molecule has 1 atom stereocenters. The van der Waals surface area contributed by atoms with Crippen LogP contribution in [-0.4, -0.2) is 73.4 Å². The standard InChI is InChI=1S/C17H32N2O3/c1-18(2)16(20)12-17(21)8-5-9-19(14-17)10-11-22-13-15-6-3-4-7-15/h15,21H,3-14H2,1-2H3. The van der Waals surface area contributed by atoms with Crippen LogP contribution in [0.15, 0.2) is 0 Å². The van der Waals surface area contributed by atoms with E-state index in [0.717, 1.165) is 38.6 Å². The number of hydrogen-bond donors (Lipinski definition) is 1. The van der Waals surface area contributed by atoms with E-state index in [0.29, 0.717) is 13.0 Å². The molecule has 2 rings (SSSR count). The number of amides is 1. The summed E-state index contributed by atoms with van der Waals surface area (Å²) in [7, 11) is 3.48. The summed E-state index contributed by atoms with van der Waals surface area (Å²) in [5.41, 5.74) is -0.870. The van der Waals surface area contributed by atoms with Gasteiger partial charge in [0, 0.05) is 33.8 Å². The molecule has 1 aliphatic carbocycles. The fourth-order valence-corrected chi connectivity index (χ4v) is 3.60. The third kappa shape index (κ3) is 5.52. The number of nitrogens with zero attached hydrogens (tertiary/aromatic N) is 2. The number of ether oxygens (including phenoxy) is 1. The SMILES string of the molecule is CN(C)C(=O)CC1(O)CCCN(CCOCC2CCCC2)C1. The summed E-state index contributed by atoms with van der Waals surface area (Å²) in [4.78, 5) is 15.6. The van der Waals surface area contributed by atoms with Crippen molar-refractivity contribution < 1.29 is 14.6 Å². The maximum Gasteiger partial charge on any atom is 0.224 e. The largest absolute Gasteiger partial charge is 0.388 e. The average Bonchev–Trinajstić information content (AvgIpc) is 2.96. The number of rotatable bonds is 7. The molecule has 0 bridgehead atoms. The first-order valence-electron chi connectivity index (χ1n) is 8.71. The van der Waals surface area contributed by atoms with Gasteiger partial charge >= 0.3 is 0 Å². The minimum atomic E-state index is -0.870. The smallest absolute Gasteiger partial charge is 0.224 e. The van der Waals surface area contributed by atoms with E-state index in [-0.39, 0.29) is 12.3 Å². The van der Waals surface area contributed by atoms with Crippen LogP contribution in [0.25, 0.3) is 0 Å². The Kier molecular flexibility index (Phi) is 6.66. The summed E-state index contributed by atoms with van der Waals surface area (Å²) < 4.78 is 5.81. The van der Waals surface area contributed by atoms with Crippen molar-refractivity contribution in [1.29, 1.82) is 0 Å². The van der Waals surface area contributed by atoms with Crippen molar-refractivity contribution in [2.45, 2.75) is 50.5 Å². The Morgan fingerprint density at radius 1 is 1.32 bits per heavy atom. The summed E-state index contributed by atoms with van der Waals surface area (Å²) in [5, 5.41) is 10.7. The van der Waals surface area contributed by atoms with Gasteiger partial charge in [-0.05, 0) is 38.1 Å². The number of aliphatic hydroxyl groups is 1. The molecule has 5 heteroatoms. The van der Waals surface area contributed by atoms with Crippen LogP contribution in [0.5, 0.6) is 0 Å². The number of carbonyl (C=O) groups excluding carboxylic acids is 1. The first-order valence-corrected chi connectivity index (χ1v) is 8.71. The minimum Gasteiger partial charge on any atom is -0.388 e. The van der Waals surface area contributed by atoms with Gasteiger partial charge in [-0.3, -0.25) is 9.69 Å². The van der Waals surface area contributed by atoms with Gasteiger partial charge in [0.15, 0.2) is 0 Å². The van der Waals surface area contributed by atoms with E-state index in [4.69, 9.17) is 4.74 Å². The number of hydrogen-bond acceptors (Lipinski definition) is 4. The third-order valence-electron chi connectivity index (χ3n) is 4.99. The molecule has 2 fully saturated rings. The molecule has 0 aromatic heterocycles. The Balaban J connectivity index is 1.67. The lowest BCUT2D eigenvalue weighted by atomic mass is 9.89. The molecule has 1 saturated carbocycles. The molecule has 128 valence electrons. The van der Waals surface area contributed by atoms with E-state index in [1.165, 1.54) is 25.7 Å². The minimum absolute atomic E-state index is 0.00170. The Hall–Kier alpha value is -0.650. The Morgan fingerprint density at radius 3 is 2.73 bits per heavy atom. The van der Waals surface area contributed by atoms with E-state index in [9.17, 15) is 9.90 Å². The third-order valence-corrected chi connectivity index (χ3v) is 4.99. The van der Waals surface area contributed by atoms with Gasteiger partial charge in [-0.1, -0.05) is 12.8 Å². The second kappa shape index (κ2) is 8.27. The van der Waals surface area contributed by atoms with Crippen molar-refractivity contribution >= 4 is 5.91 Å². The van der Waals surface area contributed by atoms with Gasteiger partial charge in [0.25, 0.3) is 0 Å². The van der Waals surface area contributed by atoms with Gasteiger partial charge < -0.3 is 14.7 Å². The summed E-state index contributed by atoms with van der Waals surface area (Å²) in [6, 6.07) is 0. The summed E-state index contributed by atoms with van der Waals surface area (Å²) in [6.07, 6.45) is 7.22. The van der Waals surface area contributed by atoms with Crippen molar-refractivity contribution in [3.05, 3.63) is 0 Å². The van der Waals surface area contributed by atoms with Crippen LogP contribution < -0.4 is 0 Å². The predicted molar refractivity (Wildman–Crippen MR) is 86.7 cm³/mol. The quantitative estimate of drug-likeness (QED) is 0.724. The van der Waals surface area contributed by atoms with Crippen LogP contribution in [-0.2, 0) is 9.53 Å². The normalized spacial score (nSPS) is 27.2. The van der Waals surface area contributed by atoms with Crippen molar-refractivity contribution in [2.24, 2.45) is 5.92 Å². The highest BCUT2D eigenvalue weighted by molar-refractivity contribution is 5.76. The topological polar surface area (TPSA) is 53.0 Å². The Bertz CT molecular complexity index is 356. The monoisotopic (exact) mass is 312 g/mol. The highest BCUT2D eigenvalue weighted by atomic mass is 16.5. The average molecular weight is 312 g/mol. The molecule has 1 heterocycles. The van der Waals surface area contributed by atoms with E-state index >= 15 is 0 Å². The molecular formula is C17H32N2O3. The van der Waals surface area contributed by atoms with E-state index < -0.39 is 5.60 Å². The molecule has 0 spiro atoms. The highest BCUT2D eigenvalue weighted by Gasteiger charge is 2.35. The molecule has 2 aliphatic rings. The van der Waals surface area contributed by atoms with Gasteiger partial charge in [0.2, 0.25) is 5.91 Å². The first kappa shape index (κ1) is 17.7. The summed E-state index contributed by atoms with van der Waals surface area (Å²) in [6.45, 7) is 4.04. The molecule has 5 nitrogen and oxygen atoms in total.